The van der Waals surface area contributed by atoms with Crippen LogP contribution in [0.1, 0.15) is 6.42 Å². The maximum Gasteiger partial charge on any atom is 0.407 e. The number of hydrogen-bond donors (Lipinski definition) is 1. The zero-order valence-corrected chi connectivity index (χ0v) is 9.84. The molecule has 1 aromatic rings. The molecule has 3 heterocycles. The molecule has 0 aromatic carbocycles. The van der Waals surface area contributed by atoms with Gasteiger partial charge < -0.3 is 14.9 Å². The second kappa shape index (κ2) is 3.77. The monoisotopic (exact) mass is 253 g/mol. The van der Waals surface area contributed by atoms with Crippen molar-refractivity contribution in [3.05, 3.63) is 23.5 Å². The molecule has 5 nitrogen and oxygen atoms in total. The molecule has 1 unspecified atom stereocenters. The second-order valence-electron chi connectivity index (χ2n) is 4.47. The normalized spacial score (nSPS) is 26.6. The first-order chi connectivity index (χ1) is 8.15. The topological polar surface area (TPSA) is 56.7 Å². The van der Waals surface area contributed by atoms with Crippen LogP contribution in [0.2, 0.25) is 5.15 Å². The van der Waals surface area contributed by atoms with E-state index in [9.17, 15) is 4.79 Å². The van der Waals surface area contributed by atoms with Gasteiger partial charge >= 0.3 is 6.09 Å². The molecule has 2 aliphatic rings. The number of nitrogens with zero attached hydrogens (tertiary/aromatic N) is 3. The number of anilines is 1. The van der Waals surface area contributed by atoms with E-state index in [1.54, 1.807) is 12.3 Å². The van der Waals surface area contributed by atoms with Crippen molar-refractivity contribution in [1.29, 1.82) is 0 Å². The molecule has 6 heteroatoms. The maximum atomic E-state index is 11.0. The summed E-state index contributed by atoms with van der Waals surface area (Å²) in [4.78, 5) is 18.8. The Bertz CT molecular complexity index is 451. The summed E-state index contributed by atoms with van der Waals surface area (Å²) >= 11 is 5.75. The highest BCUT2D eigenvalue weighted by atomic mass is 35.5. The van der Waals surface area contributed by atoms with E-state index in [0.29, 0.717) is 11.7 Å². The van der Waals surface area contributed by atoms with Gasteiger partial charge in [0.15, 0.2) is 0 Å². The summed E-state index contributed by atoms with van der Waals surface area (Å²) < 4.78 is 0. The summed E-state index contributed by atoms with van der Waals surface area (Å²) in [5.41, 5.74) is 1.02. The summed E-state index contributed by atoms with van der Waals surface area (Å²) in [6.45, 7) is 1.34. The van der Waals surface area contributed by atoms with Crippen LogP contribution in [-0.4, -0.2) is 46.3 Å². The number of rotatable bonds is 1. The van der Waals surface area contributed by atoms with Crippen molar-refractivity contribution in [3.63, 3.8) is 0 Å². The third-order valence-corrected chi connectivity index (χ3v) is 3.75. The molecule has 17 heavy (non-hydrogen) atoms. The number of aromatic nitrogens is 1. The van der Waals surface area contributed by atoms with Crippen LogP contribution >= 0.6 is 11.6 Å². The summed E-state index contributed by atoms with van der Waals surface area (Å²) in [6, 6.07) is 4.09. The number of carbonyl (C=O) groups is 1. The van der Waals surface area contributed by atoms with Crippen molar-refractivity contribution >= 4 is 23.4 Å². The minimum absolute atomic E-state index is 0.119. The zero-order chi connectivity index (χ0) is 12.0. The number of halogens is 1. The SMILES string of the molecule is O=C(O)N1C[C@@H]2CC1CN2c1ccc(Cl)nc1. The van der Waals surface area contributed by atoms with E-state index in [1.807, 2.05) is 6.07 Å². The highest BCUT2D eigenvalue weighted by Crippen LogP contribution is 2.34. The fraction of sp³-hybridized carbons (Fsp3) is 0.455. The van der Waals surface area contributed by atoms with Crippen LogP contribution in [0.25, 0.3) is 0 Å². The molecule has 2 fully saturated rings. The molecule has 0 radical (unpaired) electrons. The molecule has 3 rings (SSSR count). The molecule has 2 bridgehead atoms. The van der Waals surface area contributed by atoms with Crippen molar-refractivity contribution in [2.24, 2.45) is 0 Å². The fourth-order valence-corrected chi connectivity index (χ4v) is 2.87. The Morgan fingerprint density at radius 1 is 1.41 bits per heavy atom. The van der Waals surface area contributed by atoms with E-state index < -0.39 is 6.09 Å². The highest BCUT2D eigenvalue weighted by Gasteiger charge is 2.45. The Labute approximate surface area is 104 Å². The van der Waals surface area contributed by atoms with Crippen LogP contribution < -0.4 is 4.90 Å². The molecule has 90 valence electrons. The highest BCUT2D eigenvalue weighted by molar-refractivity contribution is 6.29. The lowest BCUT2D eigenvalue weighted by Gasteiger charge is -2.33. The van der Waals surface area contributed by atoms with Crippen LogP contribution in [0.15, 0.2) is 18.3 Å². The number of fused-ring (bicyclic) bond motifs is 2. The second-order valence-corrected chi connectivity index (χ2v) is 4.86. The van der Waals surface area contributed by atoms with Gasteiger partial charge in [-0.25, -0.2) is 9.78 Å². The van der Waals surface area contributed by atoms with E-state index in [2.05, 4.69) is 9.88 Å². The first-order valence-electron chi connectivity index (χ1n) is 5.53. The standard InChI is InChI=1S/C11H12ClN3O2/c12-10-2-1-7(4-13-10)14-5-9-3-8(14)6-15(9)11(16)17/h1-2,4,8-9H,3,5-6H2,(H,16,17)/t8-,9?/m0/s1. The number of likely N-dealkylation sites (tertiary alicyclic amines) is 1. The van der Waals surface area contributed by atoms with Crippen LogP contribution in [0.4, 0.5) is 10.5 Å². The van der Waals surface area contributed by atoms with Gasteiger partial charge in [0.25, 0.3) is 0 Å². The van der Waals surface area contributed by atoms with E-state index in [0.717, 1.165) is 18.7 Å². The predicted octanol–water partition coefficient (Wildman–Crippen LogP) is 1.68. The third-order valence-electron chi connectivity index (χ3n) is 3.53. The third kappa shape index (κ3) is 1.70. The summed E-state index contributed by atoms with van der Waals surface area (Å²) in [6.07, 6.45) is 1.84. The van der Waals surface area contributed by atoms with Crippen molar-refractivity contribution in [1.82, 2.24) is 9.88 Å². The van der Waals surface area contributed by atoms with Gasteiger partial charge in [0, 0.05) is 19.1 Å². The molecular formula is C11H12ClN3O2. The van der Waals surface area contributed by atoms with Crippen LogP contribution in [0.3, 0.4) is 0 Å². The number of amides is 1. The predicted molar refractivity (Wildman–Crippen MR) is 63.5 cm³/mol. The molecule has 0 aliphatic carbocycles. The van der Waals surface area contributed by atoms with Crippen molar-refractivity contribution in [3.8, 4) is 0 Å². The maximum absolute atomic E-state index is 11.0. The summed E-state index contributed by atoms with van der Waals surface area (Å²) in [5, 5.41) is 9.48. The van der Waals surface area contributed by atoms with Crippen molar-refractivity contribution in [2.75, 3.05) is 18.0 Å². The average Bonchev–Trinajstić information content (AvgIpc) is 2.89. The lowest BCUT2D eigenvalue weighted by Crippen LogP contribution is -2.48. The average molecular weight is 254 g/mol. The van der Waals surface area contributed by atoms with E-state index in [1.165, 1.54) is 4.90 Å². The first kappa shape index (κ1) is 10.7. The van der Waals surface area contributed by atoms with Crippen LogP contribution in [0.5, 0.6) is 0 Å². The lowest BCUT2D eigenvalue weighted by atomic mass is 10.2. The molecule has 1 aromatic heterocycles. The Balaban J connectivity index is 1.78. The summed E-state index contributed by atoms with van der Waals surface area (Å²) in [5.74, 6) is 0. The van der Waals surface area contributed by atoms with Gasteiger partial charge in [-0.05, 0) is 18.6 Å². The largest absolute Gasteiger partial charge is 0.465 e. The van der Waals surface area contributed by atoms with Crippen LogP contribution in [-0.2, 0) is 0 Å². The summed E-state index contributed by atoms with van der Waals surface area (Å²) in [7, 11) is 0. The molecule has 0 saturated carbocycles. The number of pyridine rings is 1. The Morgan fingerprint density at radius 2 is 2.24 bits per heavy atom. The fourth-order valence-electron chi connectivity index (χ4n) is 2.76. The molecular weight excluding hydrogens is 242 g/mol. The van der Waals surface area contributed by atoms with Gasteiger partial charge in [-0.3, -0.25) is 0 Å². The van der Waals surface area contributed by atoms with Crippen molar-refractivity contribution < 1.29 is 9.90 Å². The van der Waals surface area contributed by atoms with Gasteiger partial charge in [0.2, 0.25) is 0 Å². The molecule has 2 atom stereocenters. The lowest BCUT2D eigenvalue weighted by molar-refractivity contribution is 0.137. The molecule has 1 amide bonds. The minimum atomic E-state index is -0.814. The van der Waals surface area contributed by atoms with Gasteiger partial charge in [0.05, 0.1) is 17.9 Å². The van der Waals surface area contributed by atoms with Gasteiger partial charge in [0.1, 0.15) is 5.15 Å². The van der Waals surface area contributed by atoms with Crippen molar-refractivity contribution in [2.45, 2.75) is 18.5 Å². The molecule has 1 N–H and O–H groups in total. The molecule has 2 saturated heterocycles. The smallest absolute Gasteiger partial charge is 0.407 e. The Hall–Kier alpha value is -1.49. The van der Waals surface area contributed by atoms with E-state index in [4.69, 9.17) is 16.7 Å². The van der Waals surface area contributed by atoms with Gasteiger partial charge in [-0.2, -0.15) is 0 Å². The van der Waals surface area contributed by atoms with E-state index >= 15 is 0 Å². The first-order valence-corrected chi connectivity index (χ1v) is 5.90. The van der Waals surface area contributed by atoms with E-state index in [-0.39, 0.29) is 12.1 Å². The zero-order valence-electron chi connectivity index (χ0n) is 9.08. The minimum Gasteiger partial charge on any atom is -0.465 e. The molecule has 0 spiro atoms. The van der Waals surface area contributed by atoms with Gasteiger partial charge in [-0.1, -0.05) is 11.6 Å². The van der Waals surface area contributed by atoms with Crippen LogP contribution in [0, 0.1) is 0 Å². The molecule has 2 aliphatic heterocycles. The number of piperazine rings is 1. The Kier molecular flexibility index (Phi) is 2.36. The quantitative estimate of drug-likeness (QED) is 0.774. The van der Waals surface area contributed by atoms with Gasteiger partial charge in [-0.15, -0.1) is 0 Å². The Morgan fingerprint density at radius 3 is 2.76 bits per heavy atom. The number of carboxylic acid groups (broad SMARTS) is 1. The number of hydrogen-bond acceptors (Lipinski definition) is 3.